The van der Waals surface area contributed by atoms with Crippen LogP contribution < -0.4 is 10.1 Å². The van der Waals surface area contributed by atoms with Gasteiger partial charge >= 0.3 is 0 Å². The van der Waals surface area contributed by atoms with Gasteiger partial charge in [0.05, 0.1) is 13.3 Å². The summed E-state index contributed by atoms with van der Waals surface area (Å²) in [7, 11) is 1.66. The summed E-state index contributed by atoms with van der Waals surface area (Å²) >= 11 is 0. The molecule has 0 bridgehead atoms. The molecule has 3 nitrogen and oxygen atoms in total. The Hall–Kier alpha value is -0.960. The van der Waals surface area contributed by atoms with Crippen molar-refractivity contribution in [2.24, 2.45) is 0 Å². The van der Waals surface area contributed by atoms with Gasteiger partial charge in [-0.3, -0.25) is 0 Å². The number of methoxy groups -OCH3 is 1. The van der Waals surface area contributed by atoms with E-state index in [1.54, 1.807) is 13.3 Å². The Labute approximate surface area is 77.6 Å². The largest absolute Gasteiger partial charge is 0.495 e. The lowest BCUT2D eigenvalue weighted by molar-refractivity contribution is 0.412. The summed E-state index contributed by atoms with van der Waals surface area (Å²) in [5.41, 5.74) is 1.25. The lowest BCUT2D eigenvalue weighted by atomic mass is 10.2. The summed E-state index contributed by atoms with van der Waals surface area (Å²) in [6, 6.07) is 2.03. The van der Waals surface area contributed by atoms with Crippen LogP contribution >= 0.6 is 12.4 Å². The van der Waals surface area contributed by atoms with E-state index in [-0.39, 0.29) is 12.4 Å². The molecule has 0 fully saturated rings. The third-order valence-electron chi connectivity index (χ3n) is 1.86. The molecule has 1 aliphatic heterocycles. The van der Waals surface area contributed by atoms with E-state index in [0.29, 0.717) is 0 Å². The molecule has 0 aliphatic carbocycles. The second-order valence-electron chi connectivity index (χ2n) is 2.56. The van der Waals surface area contributed by atoms with Crippen LogP contribution in [0.25, 0.3) is 0 Å². The summed E-state index contributed by atoms with van der Waals surface area (Å²) in [6.07, 6.45) is 2.79. The van der Waals surface area contributed by atoms with Gasteiger partial charge in [-0.05, 0) is 18.1 Å². The molecule has 0 radical (unpaired) electrons. The van der Waals surface area contributed by atoms with E-state index in [2.05, 4.69) is 10.3 Å². The molecule has 1 aromatic heterocycles. The number of fused-ring (bicyclic) bond motifs is 1. The second-order valence-corrected chi connectivity index (χ2v) is 2.56. The lowest BCUT2D eigenvalue weighted by Crippen LogP contribution is -1.92. The van der Waals surface area contributed by atoms with E-state index < -0.39 is 0 Å². The summed E-state index contributed by atoms with van der Waals surface area (Å²) < 4.78 is 5.05. The van der Waals surface area contributed by atoms with Crippen molar-refractivity contribution in [2.75, 3.05) is 19.0 Å². The average Bonchev–Trinajstić information content (AvgIpc) is 2.50. The molecule has 0 unspecified atom stereocenters. The molecule has 2 heterocycles. The number of ether oxygens (including phenoxy) is 1. The number of aromatic nitrogens is 1. The maximum Gasteiger partial charge on any atom is 0.137 e. The minimum absolute atomic E-state index is 0. The van der Waals surface area contributed by atoms with Crippen molar-refractivity contribution in [1.82, 2.24) is 4.98 Å². The first-order valence-electron chi connectivity index (χ1n) is 3.67. The predicted molar refractivity (Wildman–Crippen MR) is 50.2 cm³/mol. The van der Waals surface area contributed by atoms with Crippen molar-refractivity contribution in [3.63, 3.8) is 0 Å². The maximum absolute atomic E-state index is 5.05. The van der Waals surface area contributed by atoms with Crippen LogP contribution in [0.3, 0.4) is 0 Å². The topological polar surface area (TPSA) is 34.1 Å². The molecule has 1 aliphatic rings. The molecule has 0 amide bonds. The van der Waals surface area contributed by atoms with Gasteiger partial charge in [-0.2, -0.15) is 0 Å². The quantitative estimate of drug-likeness (QED) is 0.722. The van der Waals surface area contributed by atoms with E-state index in [0.717, 1.165) is 24.5 Å². The first-order chi connectivity index (χ1) is 5.40. The van der Waals surface area contributed by atoms with Gasteiger partial charge in [0, 0.05) is 6.54 Å². The van der Waals surface area contributed by atoms with Gasteiger partial charge in [0.1, 0.15) is 11.6 Å². The number of nitrogens with zero attached hydrogens (tertiary/aromatic N) is 1. The van der Waals surface area contributed by atoms with Crippen molar-refractivity contribution in [3.05, 3.63) is 17.8 Å². The van der Waals surface area contributed by atoms with Gasteiger partial charge in [-0.1, -0.05) is 0 Å². The monoisotopic (exact) mass is 186 g/mol. The number of halogens is 1. The van der Waals surface area contributed by atoms with Crippen LogP contribution in [0.5, 0.6) is 5.75 Å². The van der Waals surface area contributed by atoms with Gasteiger partial charge in [0.25, 0.3) is 0 Å². The smallest absolute Gasteiger partial charge is 0.137 e. The van der Waals surface area contributed by atoms with Crippen LogP contribution in [0.15, 0.2) is 12.3 Å². The lowest BCUT2D eigenvalue weighted by Gasteiger charge is -2.01. The summed E-state index contributed by atoms with van der Waals surface area (Å²) in [5, 5.41) is 3.18. The third kappa shape index (κ3) is 1.46. The third-order valence-corrected chi connectivity index (χ3v) is 1.86. The van der Waals surface area contributed by atoms with Crippen molar-refractivity contribution in [3.8, 4) is 5.75 Å². The number of anilines is 1. The molecule has 0 aromatic carbocycles. The number of hydrogen-bond donors (Lipinski definition) is 1. The van der Waals surface area contributed by atoms with Crippen LogP contribution in [0, 0.1) is 0 Å². The predicted octanol–water partition coefficient (Wildman–Crippen LogP) is 1.48. The van der Waals surface area contributed by atoms with Crippen molar-refractivity contribution in [1.29, 1.82) is 0 Å². The Kier molecular flexibility index (Phi) is 2.76. The SMILES string of the molecule is COc1cnc2c(c1)CCN2.Cl. The zero-order chi connectivity index (χ0) is 7.68. The Morgan fingerprint density at radius 2 is 2.42 bits per heavy atom. The Bertz CT molecular complexity index is 278. The molecule has 2 rings (SSSR count). The van der Waals surface area contributed by atoms with E-state index in [4.69, 9.17) is 4.74 Å². The van der Waals surface area contributed by atoms with E-state index >= 15 is 0 Å². The minimum Gasteiger partial charge on any atom is -0.495 e. The summed E-state index contributed by atoms with van der Waals surface area (Å²) in [5.74, 6) is 1.85. The van der Waals surface area contributed by atoms with E-state index in [1.807, 2.05) is 6.07 Å². The Balaban J connectivity index is 0.000000720. The molecule has 0 atom stereocenters. The molecule has 1 aromatic rings. The molecule has 0 saturated heterocycles. The first-order valence-corrected chi connectivity index (χ1v) is 3.67. The molecule has 4 heteroatoms. The zero-order valence-electron chi connectivity index (χ0n) is 6.83. The first kappa shape index (κ1) is 9.13. The summed E-state index contributed by atoms with van der Waals surface area (Å²) in [6.45, 7) is 0.996. The highest BCUT2D eigenvalue weighted by Crippen LogP contribution is 2.22. The minimum atomic E-state index is 0. The van der Waals surface area contributed by atoms with Crippen molar-refractivity contribution in [2.45, 2.75) is 6.42 Å². The highest BCUT2D eigenvalue weighted by molar-refractivity contribution is 5.85. The second kappa shape index (κ2) is 3.63. The van der Waals surface area contributed by atoms with Gasteiger partial charge < -0.3 is 10.1 Å². The van der Waals surface area contributed by atoms with Gasteiger partial charge in [0.2, 0.25) is 0 Å². The summed E-state index contributed by atoms with van der Waals surface area (Å²) in [4.78, 5) is 4.19. The number of pyridine rings is 1. The fraction of sp³-hybridized carbons (Fsp3) is 0.375. The molecule has 66 valence electrons. The normalized spacial score (nSPS) is 12.8. The van der Waals surface area contributed by atoms with Gasteiger partial charge in [-0.25, -0.2) is 4.98 Å². The molecule has 12 heavy (non-hydrogen) atoms. The Morgan fingerprint density at radius 3 is 3.17 bits per heavy atom. The van der Waals surface area contributed by atoms with Crippen LogP contribution in [0.2, 0.25) is 0 Å². The standard InChI is InChI=1S/C8H10N2O.ClH/c1-11-7-4-6-2-3-9-8(6)10-5-7;/h4-5H,2-3H2,1H3,(H,9,10);1H. The maximum atomic E-state index is 5.05. The molecule has 0 saturated carbocycles. The van der Waals surface area contributed by atoms with Crippen LogP contribution in [-0.2, 0) is 6.42 Å². The molecule has 1 N–H and O–H groups in total. The number of rotatable bonds is 1. The number of hydrogen-bond acceptors (Lipinski definition) is 3. The highest BCUT2D eigenvalue weighted by atomic mass is 35.5. The van der Waals surface area contributed by atoms with E-state index in [1.165, 1.54) is 5.56 Å². The fourth-order valence-electron chi connectivity index (χ4n) is 1.27. The van der Waals surface area contributed by atoms with Gasteiger partial charge in [0.15, 0.2) is 0 Å². The number of nitrogens with one attached hydrogen (secondary N) is 1. The molecule has 0 spiro atoms. The zero-order valence-corrected chi connectivity index (χ0v) is 7.65. The average molecular weight is 187 g/mol. The van der Waals surface area contributed by atoms with E-state index in [9.17, 15) is 0 Å². The molecular weight excluding hydrogens is 176 g/mol. The van der Waals surface area contributed by atoms with Crippen molar-refractivity contribution >= 4 is 18.2 Å². The Morgan fingerprint density at radius 1 is 1.58 bits per heavy atom. The molecular formula is C8H11ClN2O. The van der Waals surface area contributed by atoms with Crippen LogP contribution in [-0.4, -0.2) is 18.6 Å². The van der Waals surface area contributed by atoms with Gasteiger partial charge in [-0.15, -0.1) is 12.4 Å². The fourth-order valence-corrected chi connectivity index (χ4v) is 1.27. The van der Waals surface area contributed by atoms with Crippen molar-refractivity contribution < 1.29 is 4.74 Å². The van der Waals surface area contributed by atoms with Crippen LogP contribution in [0.1, 0.15) is 5.56 Å². The highest BCUT2D eigenvalue weighted by Gasteiger charge is 2.10. The van der Waals surface area contributed by atoms with Crippen LogP contribution in [0.4, 0.5) is 5.82 Å².